The second kappa shape index (κ2) is 3.95. The predicted molar refractivity (Wildman–Crippen MR) is 63.8 cm³/mol. The van der Waals surface area contributed by atoms with E-state index in [0.29, 0.717) is 6.04 Å². The maximum atomic E-state index is 5.97. The Kier molecular flexibility index (Phi) is 2.81. The van der Waals surface area contributed by atoms with Crippen LogP contribution in [0, 0.1) is 0 Å². The van der Waals surface area contributed by atoms with Crippen LogP contribution in [0.25, 0.3) is 0 Å². The van der Waals surface area contributed by atoms with Gasteiger partial charge in [-0.1, -0.05) is 24.3 Å². The summed E-state index contributed by atoms with van der Waals surface area (Å²) < 4.78 is 0. The van der Waals surface area contributed by atoms with Crippen LogP contribution >= 0.6 is 0 Å². The second-order valence-electron chi connectivity index (χ2n) is 5.16. The first kappa shape index (κ1) is 10.7. The monoisotopic (exact) mass is 204 g/mol. The number of hydrogen-bond acceptors (Lipinski definition) is 2. The molecular weight excluding hydrogens is 184 g/mol. The molecule has 1 aliphatic rings. The minimum absolute atomic E-state index is 0.127. The quantitative estimate of drug-likeness (QED) is 0.790. The standard InChI is InChI=1S/C13H20N2/c1-13(2,14)9-15-12-8-7-10-5-3-4-6-11(10)12/h3-6,12,15H,7-9,14H2,1-2H3. The molecule has 0 bridgehead atoms. The zero-order valence-electron chi connectivity index (χ0n) is 9.59. The first-order chi connectivity index (χ1) is 7.06. The smallest absolute Gasteiger partial charge is 0.0326 e. The molecule has 0 aromatic heterocycles. The van der Waals surface area contributed by atoms with Crippen LogP contribution in [0.1, 0.15) is 37.4 Å². The Morgan fingerprint density at radius 1 is 1.40 bits per heavy atom. The third-order valence-electron chi connectivity index (χ3n) is 2.94. The molecule has 1 atom stereocenters. The normalized spacial score (nSPS) is 20.3. The fourth-order valence-corrected chi connectivity index (χ4v) is 2.16. The van der Waals surface area contributed by atoms with E-state index in [1.165, 1.54) is 24.0 Å². The van der Waals surface area contributed by atoms with Crippen molar-refractivity contribution >= 4 is 0 Å². The summed E-state index contributed by atoms with van der Waals surface area (Å²) in [6, 6.07) is 9.19. The predicted octanol–water partition coefficient (Wildman–Crippen LogP) is 2.00. The molecule has 1 aromatic rings. The summed E-state index contributed by atoms with van der Waals surface area (Å²) in [5.41, 5.74) is 8.79. The van der Waals surface area contributed by atoms with E-state index in [0.717, 1.165) is 6.54 Å². The average Bonchev–Trinajstić information content (AvgIpc) is 2.57. The van der Waals surface area contributed by atoms with Crippen LogP contribution in [-0.2, 0) is 6.42 Å². The Balaban J connectivity index is 2.02. The lowest BCUT2D eigenvalue weighted by Gasteiger charge is -2.23. The number of rotatable bonds is 3. The van der Waals surface area contributed by atoms with Crippen LogP contribution in [0.2, 0.25) is 0 Å². The van der Waals surface area contributed by atoms with Gasteiger partial charge in [-0.3, -0.25) is 0 Å². The molecule has 0 amide bonds. The van der Waals surface area contributed by atoms with Crippen LogP contribution in [0.4, 0.5) is 0 Å². The fraction of sp³-hybridized carbons (Fsp3) is 0.538. The van der Waals surface area contributed by atoms with Crippen molar-refractivity contribution in [1.29, 1.82) is 0 Å². The minimum atomic E-state index is -0.127. The largest absolute Gasteiger partial charge is 0.324 e. The van der Waals surface area contributed by atoms with Gasteiger partial charge in [-0.05, 0) is 37.8 Å². The molecule has 0 saturated heterocycles. The molecule has 2 heteroatoms. The topological polar surface area (TPSA) is 38.0 Å². The van der Waals surface area contributed by atoms with E-state index < -0.39 is 0 Å². The molecular formula is C13H20N2. The summed E-state index contributed by atoms with van der Waals surface area (Å²) in [4.78, 5) is 0. The van der Waals surface area contributed by atoms with Crippen LogP contribution in [0.15, 0.2) is 24.3 Å². The summed E-state index contributed by atoms with van der Waals surface area (Å²) in [6.45, 7) is 4.98. The third-order valence-corrected chi connectivity index (χ3v) is 2.94. The van der Waals surface area contributed by atoms with Crippen molar-refractivity contribution in [1.82, 2.24) is 5.32 Å². The van der Waals surface area contributed by atoms with Gasteiger partial charge in [0.05, 0.1) is 0 Å². The van der Waals surface area contributed by atoms with Crippen LogP contribution in [-0.4, -0.2) is 12.1 Å². The molecule has 82 valence electrons. The van der Waals surface area contributed by atoms with Gasteiger partial charge < -0.3 is 11.1 Å². The lowest BCUT2D eigenvalue weighted by atomic mass is 10.0. The van der Waals surface area contributed by atoms with E-state index in [9.17, 15) is 0 Å². The van der Waals surface area contributed by atoms with Gasteiger partial charge in [-0.15, -0.1) is 0 Å². The number of hydrogen-bond donors (Lipinski definition) is 2. The molecule has 0 radical (unpaired) electrons. The number of nitrogens with one attached hydrogen (secondary N) is 1. The molecule has 3 N–H and O–H groups in total. The van der Waals surface area contributed by atoms with Gasteiger partial charge in [0.1, 0.15) is 0 Å². The van der Waals surface area contributed by atoms with Crippen molar-refractivity contribution in [3.63, 3.8) is 0 Å². The Labute approximate surface area is 91.9 Å². The average molecular weight is 204 g/mol. The Hall–Kier alpha value is -0.860. The van der Waals surface area contributed by atoms with Gasteiger partial charge in [-0.25, -0.2) is 0 Å². The molecule has 0 heterocycles. The van der Waals surface area contributed by atoms with Gasteiger partial charge in [0.2, 0.25) is 0 Å². The van der Waals surface area contributed by atoms with Crippen molar-refractivity contribution in [2.75, 3.05) is 6.54 Å². The summed E-state index contributed by atoms with van der Waals surface area (Å²) in [5.74, 6) is 0. The van der Waals surface area contributed by atoms with Crippen molar-refractivity contribution in [3.8, 4) is 0 Å². The molecule has 2 nitrogen and oxygen atoms in total. The SMILES string of the molecule is CC(C)(N)CNC1CCc2ccccc21. The van der Waals surface area contributed by atoms with Gasteiger partial charge in [0.15, 0.2) is 0 Å². The molecule has 15 heavy (non-hydrogen) atoms. The summed E-state index contributed by atoms with van der Waals surface area (Å²) in [6.07, 6.45) is 2.40. The second-order valence-corrected chi connectivity index (χ2v) is 5.16. The highest BCUT2D eigenvalue weighted by Gasteiger charge is 2.22. The first-order valence-corrected chi connectivity index (χ1v) is 5.66. The lowest BCUT2D eigenvalue weighted by Crippen LogP contribution is -2.43. The molecule has 1 aromatic carbocycles. The van der Waals surface area contributed by atoms with Gasteiger partial charge >= 0.3 is 0 Å². The third kappa shape index (κ3) is 2.58. The molecule has 0 spiro atoms. The van der Waals surface area contributed by atoms with E-state index in [1.54, 1.807) is 0 Å². The summed E-state index contributed by atoms with van der Waals surface area (Å²) in [7, 11) is 0. The maximum Gasteiger partial charge on any atom is 0.0326 e. The van der Waals surface area contributed by atoms with E-state index in [1.807, 2.05) is 0 Å². The number of nitrogens with two attached hydrogens (primary N) is 1. The molecule has 1 unspecified atom stereocenters. The zero-order valence-corrected chi connectivity index (χ0v) is 9.59. The molecule has 0 fully saturated rings. The van der Waals surface area contributed by atoms with E-state index in [-0.39, 0.29) is 5.54 Å². The number of benzene rings is 1. The van der Waals surface area contributed by atoms with E-state index >= 15 is 0 Å². The van der Waals surface area contributed by atoms with Crippen molar-refractivity contribution in [2.45, 2.75) is 38.3 Å². The van der Waals surface area contributed by atoms with Gasteiger partial charge in [0, 0.05) is 18.1 Å². The van der Waals surface area contributed by atoms with E-state index in [2.05, 4.69) is 43.4 Å². The highest BCUT2D eigenvalue weighted by atomic mass is 15.0. The minimum Gasteiger partial charge on any atom is -0.324 e. The molecule has 0 saturated carbocycles. The molecule has 2 rings (SSSR count). The lowest BCUT2D eigenvalue weighted by molar-refractivity contribution is 0.420. The van der Waals surface area contributed by atoms with Crippen LogP contribution in [0.5, 0.6) is 0 Å². The van der Waals surface area contributed by atoms with E-state index in [4.69, 9.17) is 5.73 Å². The zero-order chi connectivity index (χ0) is 10.9. The summed E-state index contributed by atoms with van der Waals surface area (Å²) >= 11 is 0. The highest BCUT2D eigenvalue weighted by Crippen LogP contribution is 2.30. The van der Waals surface area contributed by atoms with Crippen LogP contribution in [0.3, 0.4) is 0 Å². The van der Waals surface area contributed by atoms with Crippen molar-refractivity contribution in [3.05, 3.63) is 35.4 Å². The van der Waals surface area contributed by atoms with Crippen molar-refractivity contribution < 1.29 is 0 Å². The number of fused-ring (bicyclic) bond motifs is 1. The van der Waals surface area contributed by atoms with Crippen LogP contribution < -0.4 is 11.1 Å². The summed E-state index contributed by atoms with van der Waals surface area (Å²) in [5, 5.41) is 3.55. The molecule has 1 aliphatic carbocycles. The van der Waals surface area contributed by atoms with Gasteiger partial charge in [-0.2, -0.15) is 0 Å². The number of aryl methyl sites for hydroxylation is 1. The maximum absolute atomic E-state index is 5.97. The highest BCUT2D eigenvalue weighted by molar-refractivity contribution is 5.34. The Morgan fingerprint density at radius 2 is 2.13 bits per heavy atom. The molecule has 0 aliphatic heterocycles. The Bertz CT molecular complexity index is 339. The Morgan fingerprint density at radius 3 is 2.87 bits per heavy atom. The fourth-order valence-electron chi connectivity index (χ4n) is 2.16. The van der Waals surface area contributed by atoms with Gasteiger partial charge in [0.25, 0.3) is 0 Å². The first-order valence-electron chi connectivity index (χ1n) is 5.66. The van der Waals surface area contributed by atoms with Crippen molar-refractivity contribution in [2.24, 2.45) is 5.73 Å².